The van der Waals surface area contributed by atoms with Crippen molar-refractivity contribution in [2.75, 3.05) is 19.7 Å². The molecule has 2 aliphatic rings. The van der Waals surface area contributed by atoms with E-state index in [4.69, 9.17) is 14.0 Å². The van der Waals surface area contributed by atoms with E-state index in [9.17, 15) is 4.79 Å². The highest BCUT2D eigenvalue weighted by Gasteiger charge is 2.42. The van der Waals surface area contributed by atoms with E-state index in [0.29, 0.717) is 43.7 Å². The van der Waals surface area contributed by atoms with Crippen LogP contribution in [0.2, 0.25) is 0 Å². The number of hydrogen-bond acceptors (Lipinski definition) is 8. The molecule has 168 valence electrons. The average Bonchev–Trinajstić information content (AvgIpc) is 3.45. The van der Waals surface area contributed by atoms with Crippen molar-refractivity contribution in [1.29, 1.82) is 0 Å². The van der Waals surface area contributed by atoms with E-state index in [2.05, 4.69) is 20.2 Å². The molecule has 0 aliphatic carbocycles. The van der Waals surface area contributed by atoms with Gasteiger partial charge in [-0.2, -0.15) is 5.10 Å². The van der Waals surface area contributed by atoms with E-state index < -0.39 is 0 Å². The Labute approximate surface area is 185 Å². The Bertz CT molecular complexity index is 1040. The maximum absolute atomic E-state index is 13.2. The van der Waals surface area contributed by atoms with Crippen LogP contribution < -0.4 is 4.74 Å². The molecule has 10 heteroatoms. The minimum atomic E-state index is -0.286. The lowest BCUT2D eigenvalue weighted by Gasteiger charge is -2.45. The Balaban J connectivity index is 1.22. The van der Waals surface area contributed by atoms with Crippen molar-refractivity contribution >= 4 is 5.91 Å². The molecular formula is C22H26N6O4. The van der Waals surface area contributed by atoms with Crippen LogP contribution in [0, 0.1) is 6.92 Å². The highest BCUT2D eigenvalue weighted by molar-refractivity contribution is 5.93. The minimum absolute atomic E-state index is 0.00673. The molecule has 3 aromatic heterocycles. The van der Waals surface area contributed by atoms with E-state index in [1.807, 2.05) is 24.1 Å². The molecule has 10 nitrogen and oxygen atoms in total. The van der Waals surface area contributed by atoms with Crippen molar-refractivity contribution in [3.63, 3.8) is 0 Å². The molecule has 1 amide bonds. The van der Waals surface area contributed by atoms with Gasteiger partial charge in [-0.15, -0.1) is 0 Å². The van der Waals surface area contributed by atoms with Gasteiger partial charge >= 0.3 is 6.01 Å². The zero-order valence-electron chi connectivity index (χ0n) is 18.0. The van der Waals surface area contributed by atoms with Crippen molar-refractivity contribution in [2.45, 2.75) is 50.9 Å². The first-order valence-corrected chi connectivity index (χ1v) is 10.9. The largest absolute Gasteiger partial charge is 0.460 e. The molecule has 0 N–H and O–H groups in total. The summed E-state index contributed by atoms with van der Waals surface area (Å²) in [5.74, 6) is 0.524. The Kier molecular flexibility index (Phi) is 5.60. The van der Waals surface area contributed by atoms with Crippen molar-refractivity contribution < 1.29 is 18.8 Å². The van der Waals surface area contributed by atoms with Gasteiger partial charge in [0.15, 0.2) is 5.69 Å². The van der Waals surface area contributed by atoms with Crippen molar-refractivity contribution in [2.24, 2.45) is 0 Å². The van der Waals surface area contributed by atoms with Gasteiger partial charge in [-0.3, -0.25) is 9.48 Å². The van der Waals surface area contributed by atoms with Crippen molar-refractivity contribution in [3.8, 4) is 6.01 Å². The fourth-order valence-electron chi connectivity index (χ4n) is 4.50. The molecule has 0 aromatic carbocycles. The maximum atomic E-state index is 13.2. The van der Waals surface area contributed by atoms with Crippen molar-refractivity contribution in [3.05, 3.63) is 53.9 Å². The quantitative estimate of drug-likeness (QED) is 0.597. The van der Waals surface area contributed by atoms with Gasteiger partial charge in [-0.05, 0) is 31.9 Å². The second-order valence-corrected chi connectivity index (χ2v) is 8.36. The number of ether oxygens (including phenoxy) is 2. The lowest BCUT2D eigenvalue weighted by atomic mass is 9.83. The molecule has 3 aromatic rings. The molecular weight excluding hydrogens is 412 g/mol. The number of carbonyl (C=O) groups excluding carboxylic acids is 1. The van der Waals surface area contributed by atoms with Gasteiger partial charge in [0.1, 0.15) is 11.9 Å². The maximum Gasteiger partial charge on any atom is 0.316 e. The van der Waals surface area contributed by atoms with Gasteiger partial charge in [-0.25, -0.2) is 9.97 Å². The topological polar surface area (TPSA) is 108 Å². The molecule has 0 bridgehead atoms. The third-order valence-electron chi connectivity index (χ3n) is 6.29. The van der Waals surface area contributed by atoms with Crippen LogP contribution in [0.1, 0.15) is 47.5 Å². The first kappa shape index (κ1) is 20.6. The lowest BCUT2D eigenvalue weighted by molar-refractivity contribution is -0.136. The summed E-state index contributed by atoms with van der Waals surface area (Å²) < 4.78 is 19.3. The lowest BCUT2D eigenvalue weighted by Crippen LogP contribution is -2.52. The Morgan fingerprint density at radius 3 is 2.78 bits per heavy atom. The zero-order valence-corrected chi connectivity index (χ0v) is 18.0. The first-order chi connectivity index (χ1) is 15.6. The average molecular weight is 438 g/mol. The molecule has 32 heavy (non-hydrogen) atoms. The van der Waals surface area contributed by atoms with Gasteiger partial charge in [0.05, 0.1) is 18.8 Å². The van der Waals surface area contributed by atoms with Crippen LogP contribution in [-0.2, 0) is 11.3 Å². The Morgan fingerprint density at radius 1 is 1.22 bits per heavy atom. The number of aromatic nitrogens is 5. The molecule has 5 rings (SSSR count). The summed E-state index contributed by atoms with van der Waals surface area (Å²) in [6, 6.07) is 4.01. The highest BCUT2D eigenvalue weighted by Crippen LogP contribution is 2.36. The highest BCUT2D eigenvalue weighted by atomic mass is 16.5. The summed E-state index contributed by atoms with van der Waals surface area (Å²) in [5, 5.41) is 8.29. The van der Waals surface area contributed by atoms with Crippen LogP contribution in [0.15, 0.2) is 41.4 Å². The second kappa shape index (κ2) is 8.70. The minimum Gasteiger partial charge on any atom is -0.460 e. The third-order valence-corrected chi connectivity index (χ3v) is 6.29. The summed E-state index contributed by atoms with van der Waals surface area (Å²) in [7, 11) is 0. The number of likely N-dealkylation sites (tertiary alicyclic amines) is 1. The first-order valence-electron chi connectivity index (χ1n) is 10.9. The summed E-state index contributed by atoms with van der Waals surface area (Å²) in [6.45, 7) is 4.09. The Morgan fingerprint density at radius 2 is 2.03 bits per heavy atom. The molecule has 1 spiro atoms. The van der Waals surface area contributed by atoms with E-state index >= 15 is 0 Å². The predicted molar refractivity (Wildman–Crippen MR) is 112 cm³/mol. The number of rotatable bonds is 5. The number of amides is 1. The van der Waals surface area contributed by atoms with Gasteiger partial charge in [-0.1, -0.05) is 5.16 Å². The van der Waals surface area contributed by atoms with E-state index in [1.165, 1.54) is 0 Å². The van der Waals surface area contributed by atoms with E-state index in [0.717, 1.165) is 31.2 Å². The van der Waals surface area contributed by atoms with Crippen LogP contribution in [-0.4, -0.2) is 67.1 Å². The number of carbonyl (C=O) groups is 1. The second-order valence-electron chi connectivity index (χ2n) is 8.36. The molecule has 2 aliphatic heterocycles. The molecule has 2 fully saturated rings. The molecule has 5 heterocycles. The van der Waals surface area contributed by atoms with Crippen LogP contribution in [0.4, 0.5) is 0 Å². The van der Waals surface area contributed by atoms with Gasteiger partial charge < -0.3 is 18.9 Å². The predicted octanol–water partition coefficient (Wildman–Crippen LogP) is 2.25. The number of aryl methyl sites for hydroxylation is 1. The van der Waals surface area contributed by atoms with Crippen molar-refractivity contribution in [1.82, 2.24) is 29.8 Å². The summed E-state index contributed by atoms with van der Waals surface area (Å²) >= 11 is 0. The zero-order chi connectivity index (χ0) is 22.0. The third kappa shape index (κ3) is 4.22. The number of nitrogens with zero attached hydrogens (tertiary/aromatic N) is 6. The normalized spacial score (nSPS) is 20.4. The van der Waals surface area contributed by atoms with Gasteiger partial charge in [0, 0.05) is 56.3 Å². The fraction of sp³-hybridized carbons (Fsp3) is 0.500. The molecule has 0 radical (unpaired) electrons. The SMILES string of the molecule is Cc1onc(C(=O)N2CCC3(CC2)CC(Oc2ncccn2)CCO3)c1Cn1cccn1. The molecule has 1 unspecified atom stereocenters. The molecule has 2 saturated heterocycles. The van der Waals surface area contributed by atoms with Gasteiger partial charge in [0.2, 0.25) is 0 Å². The molecule has 0 saturated carbocycles. The number of hydrogen-bond donors (Lipinski definition) is 0. The Hall–Kier alpha value is -3.27. The number of piperidine rings is 1. The van der Waals surface area contributed by atoms with Crippen LogP contribution in [0.25, 0.3) is 0 Å². The van der Waals surface area contributed by atoms with Gasteiger partial charge in [0.25, 0.3) is 5.91 Å². The smallest absolute Gasteiger partial charge is 0.316 e. The fourth-order valence-corrected chi connectivity index (χ4v) is 4.50. The summed E-state index contributed by atoms with van der Waals surface area (Å²) in [4.78, 5) is 23.4. The van der Waals surface area contributed by atoms with E-state index in [-0.39, 0.29) is 17.6 Å². The summed E-state index contributed by atoms with van der Waals surface area (Å²) in [6.07, 6.45) is 9.98. The van der Waals surface area contributed by atoms with Crippen LogP contribution in [0.3, 0.4) is 0 Å². The van der Waals surface area contributed by atoms with Crippen LogP contribution in [0.5, 0.6) is 6.01 Å². The van der Waals surface area contributed by atoms with E-state index in [1.54, 1.807) is 29.3 Å². The monoisotopic (exact) mass is 438 g/mol. The summed E-state index contributed by atoms with van der Waals surface area (Å²) in [5.41, 5.74) is 0.844. The standard InChI is InChI=1S/C22H26N6O4/c1-16-18(15-28-10-3-9-25-28)19(26-32-16)20(29)27-11-5-22(6-12-27)14-17(4-13-30-22)31-21-23-7-2-8-24-21/h2-3,7-10,17H,4-6,11-15H2,1H3. The molecule has 1 atom stereocenters. The van der Waals surface area contributed by atoms with Crippen LogP contribution >= 0.6 is 0 Å².